The molecule has 3 heteroatoms. The van der Waals surface area contributed by atoms with E-state index < -0.39 is 0 Å². The maximum Gasteiger partial charge on any atom is 0.120 e. The standard InChI is InChI=1S/C14H23NO2/c1-2-11-8-9-14(17-11)13(15)7-3-5-12-6-4-10-16-12/h8-9,12-13H,2-7,10,15H2,1H3. The van der Waals surface area contributed by atoms with Crippen molar-refractivity contribution in [3.8, 4) is 0 Å². The molecule has 1 aliphatic heterocycles. The van der Waals surface area contributed by atoms with Crippen LogP contribution in [0.25, 0.3) is 0 Å². The molecule has 0 saturated carbocycles. The molecule has 0 radical (unpaired) electrons. The minimum atomic E-state index is 0.0386. The van der Waals surface area contributed by atoms with Gasteiger partial charge in [0.1, 0.15) is 11.5 Å². The number of hydrogen-bond acceptors (Lipinski definition) is 3. The van der Waals surface area contributed by atoms with Crippen LogP contribution in [0.5, 0.6) is 0 Å². The molecule has 96 valence electrons. The molecule has 1 saturated heterocycles. The van der Waals surface area contributed by atoms with Crippen LogP contribution in [-0.2, 0) is 11.2 Å². The first-order chi connectivity index (χ1) is 8.29. The van der Waals surface area contributed by atoms with E-state index in [0.717, 1.165) is 43.8 Å². The fraction of sp³-hybridized carbons (Fsp3) is 0.714. The molecule has 1 aliphatic rings. The van der Waals surface area contributed by atoms with Crippen molar-refractivity contribution in [2.75, 3.05) is 6.61 Å². The zero-order valence-electron chi connectivity index (χ0n) is 10.7. The van der Waals surface area contributed by atoms with Gasteiger partial charge in [0, 0.05) is 13.0 Å². The zero-order valence-corrected chi connectivity index (χ0v) is 10.7. The predicted octanol–water partition coefficient (Wildman–Crippen LogP) is 3.19. The Hall–Kier alpha value is -0.800. The van der Waals surface area contributed by atoms with E-state index >= 15 is 0 Å². The quantitative estimate of drug-likeness (QED) is 0.826. The van der Waals surface area contributed by atoms with Crippen molar-refractivity contribution < 1.29 is 9.15 Å². The van der Waals surface area contributed by atoms with Gasteiger partial charge in [-0.3, -0.25) is 0 Å². The van der Waals surface area contributed by atoms with E-state index in [1.54, 1.807) is 0 Å². The molecule has 17 heavy (non-hydrogen) atoms. The Morgan fingerprint density at radius 2 is 2.35 bits per heavy atom. The molecular weight excluding hydrogens is 214 g/mol. The summed E-state index contributed by atoms with van der Waals surface area (Å²) in [6.07, 6.45) is 7.08. The third kappa shape index (κ3) is 3.58. The van der Waals surface area contributed by atoms with E-state index in [0.29, 0.717) is 6.10 Å². The van der Waals surface area contributed by atoms with E-state index in [1.165, 1.54) is 12.8 Å². The molecule has 2 heterocycles. The van der Waals surface area contributed by atoms with Crippen molar-refractivity contribution in [1.29, 1.82) is 0 Å². The first kappa shape index (κ1) is 12.7. The molecule has 3 nitrogen and oxygen atoms in total. The summed E-state index contributed by atoms with van der Waals surface area (Å²) in [7, 11) is 0. The normalized spacial score (nSPS) is 21.9. The maximum absolute atomic E-state index is 6.11. The minimum Gasteiger partial charge on any atom is -0.464 e. The van der Waals surface area contributed by atoms with Crippen LogP contribution in [0.2, 0.25) is 0 Å². The van der Waals surface area contributed by atoms with E-state index in [-0.39, 0.29) is 6.04 Å². The molecular formula is C14H23NO2. The predicted molar refractivity (Wildman–Crippen MR) is 67.8 cm³/mol. The molecule has 1 fully saturated rings. The van der Waals surface area contributed by atoms with E-state index in [4.69, 9.17) is 14.9 Å². The lowest BCUT2D eigenvalue weighted by Gasteiger charge is -2.11. The van der Waals surface area contributed by atoms with Crippen molar-refractivity contribution in [3.63, 3.8) is 0 Å². The van der Waals surface area contributed by atoms with Crippen molar-refractivity contribution >= 4 is 0 Å². The molecule has 0 aliphatic carbocycles. The Kier molecular flexibility index (Phi) is 4.63. The lowest BCUT2D eigenvalue weighted by atomic mass is 10.0. The molecule has 2 unspecified atom stereocenters. The Morgan fingerprint density at radius 1 is 1.47 bits per heavy atom. The van der Waals surface area contributed by atoms with Gasteiger partial charge >= 0.3 is 0 Å². The highest BCUT2D eigenvalue weighted by Crippen LogP contribution is 2.23. The first-order valence-electron chi connectivity index (χ1n) is 6.75. The van der Waals surface area contributed by atoms with Gasteiger partial charge in [-0.15, -0.1) is 0 Å². The second-order valence-electron chi connectivity index (χ2n) is 4.83. The Balaban J connectivity index is 1.70. The lowest BCUT2D eigenvalue weighted by Crippen LogP contribution is -2.11. The summed E-state index contributed by atoms with van der Waals surface area (Å²) in [5.74, 6) is 1.95. The van der Waals surface area contributed by atoms with Crippen molar-refractivity contribution in [2.24, 2.45) is 5.73 Å². The number of hydrogen-bond donors (Lipinski definition) is 1. The molecule has 1 aromatic heterocycles. The molecule has 0 spiro atoms. The summed E-state index contributed by atoms with van der Waals surface area (Å²) >= 11 is 0. The maximum atomic E-state index is 6.11. The lowest BCUT2D eigenvalue weighted by molar-refractivity contribution is 0.101. The zero-order chi connectivity index (χ0) is 12.1. The Bertz CT molecular complexity index is 329. The highest BCUT2D eigenvalue weighted by atomic mass is 16.5. The third-order valence-electron chi connectivity index (χ3n) is 3.46. The summed E-state index contributed by atoms with van der Waals surface area (Å²) in [5.41, 5.74) is 6.11. The smallest absolute Gasteiger partial charge is 0.120 e. The van der Waals surface area contributed by atoms with Gasteiger partial charge in [0.25, 0.3) is 0 Å². The second-order valence-corrected chi connectivity index (χ2v) is 4.83. The number of nitrogens with two attached hydrogens (primary N) is 1. The highest BCUT2D eigenvalue weighted by molar-refractivity contribution is 5.10. The van der Waals surface area contributed by atoms with Crippen LogP contribution in [0.1, 0.15) is 56.6 Å². The first-order valence-corrected chi connectivity index (χ1v) is 6.75. The van der Waals surface area contributed by atoms with E-state index in [9.17, 15) is 0 Å². The van der Waals surface area contributed by atoms with Gasteiger partial charge in [0.15, 0.2) is 0 Å². The van der Waals surface area contributed by atoms with Gasteiger partial charge in [-0.2, -0.15) is 0 Å². The SMILES string of the molecule is CCc1ccc(C(N)CCCC2CCCO2)o1. The molecule has 2 atom stereocenters. The van der Waals surface area contributed by atoms with Crippen molar-refractivity contribution in [1.82, 2.24) is 0 Å². The van der Waals surface area contributed by atoms with Crippen LogP contribution in [0.15, 0.2) is 16.5 Å². The highest BCUT2D eigenvalue weighted by Gasteiger charge is 2.16. The van der Waals surface area contributed by atoms with Gasteiger partial charge in [0.05, 0.1) is 12.1 Å². The van der Waals surface area contributed by atoms with Gasteiger partial charge in [-0.25, -0.2) is 0 Å². The van der Waals surface area contributed by atoms with Gasteiger partial charge in [-0.05, 0) is 44.2 Å². The number of rotatable bonds is 6. The summed E-state index contributed by atoms with van der Waals surface area (Å²) in [5, 5.41) is 0. The summed E-state index contributed by atoms with van der Waals surface area (Å²) in [4.78, 5) is 0. The van der Waals surface area contributed by atoms with Crippen LogP contribution in [0.3, 0.4) is 0 Å². The van der Waals surface area contributed by atoms with E-state index in [1.807, 2.05) is 12.1 Å². The second kappa shape index (κ2) is 6.22. The number of furan rings is 1. The fourth-order valence-corrected chi connectivity index (χ4v) is 2.36. The molecule has 0 bridgehead atoms. The number of aryl methyl sites for hydroxylation is 1. The van der Waals surface area contributed by atoms with Crippen LogP contribution < -0.4 is 5.73 Å². The fourth-order valence-electron chi connectivity index (χ4n) is 2.36. The van der Waals surface area contributed by atoms with Crippen molar-refractivity contribution in [2.45, 2.75) is 57.6 Å². The van der Waals surface area contributed by atoms with Crippen LogP contribution in [0.4, 0.5) is 0 Å². The van der Waals surface area contributed by atoms with Crippen LogP contribution in [0, 0.1) is 0 Å². The third-order valence-corrected chi connectivity index (χ3v) is 3.46. The summed E-state index contributed by atoms with van der Waals surface area (Å²) in [6, 6.07) is 4.07. The van der Waals surface area contributed by atoms with Gasteiger partial charge in [-0.1, -0.05) is 6.92 Å². The molecule has 2 rings (SSSR count). The van der Waals surface area contributed by atoms with Gasteiger partial charge < -0.3 is 14.9 Å². The van der Waals surface area contributed by atoms with Crippen LogP contribution >= 0.6 is 0 Å². The van der Waals surface area contributed by atoms with Gasteiger partial charge in [0.2, 0.25) is 0 Å². The summed E-state index contributed by atoms with van der Waals surface area (Å²) < 4.78 is 11.3. The Labute approximate surface area is 103 Å². The summed E-state index contributed by atoms with van der Waals surface area (Å²) in [6.45, 7) is 3.03. The average Bonchev–Trinajstić information content (AvgIpc) is 2.99. The topological polar surface area (TPSA) is 48.4 Å². The molecule has 2 N–H and O–H groups in total. The van der Waals surface area contributed by atoms with E-state index in [2.05, 4.69) is 6.92 Å². The monoisotopic (exact) mass is 237 g/mol. The van der Waals surface area contributed by atoms with Crippen LogP contribution in [-0.4, -0.2) is 12.7 Å². The number of ether oxygens (including phenoxy) is 1. The minimum absolute atomic E-state index is 0.0386. The molecule has 1 aromatic rings. The van der Waals surface area contributed by atoms with Crippen molar-refractivity contribution in [3.05, 3.63) is 23.7 Å². The molecule has 0 amide bonds. The average molecular weight is 237 g/mol. The molecule has 0 aromatic carbocycles. The largest absolute Gasteiger partial charge is 0.464 e. The Morgan fingerprint density at radius 3 is 3.00 bits per heavy atom.